The summed E-state index contributed by atoms with van der Waals surface area (Å²) >= 11 is 0. The third-order valence-corrected chi connectivity index (χ3v) is 6.86. The van der Waals surface area contributed by atoms with E-state index in [-0.39, 0.29) is 30.1 Å². The number of nitrogens with one attached hydrogen (secondary N) is 2. The van der Waals surface area contributed by atoms with Crippen LogP contribution >= 0.6 is 0 Å². The molecule has 5 heterocycles. The van der Waals surface area contributed by atoms with Gasteiger partial charge in [0, 0.05) is 37.7 Å². The Balaban J connectivity index is 1.09. The molecule has 2 atom stereocenters. The number of carbonyl (C=O) groups excluding carboxylic acids is 2. The van der Waals surface area contributed by atoms with Crippen molar-refractivity contribution in [2.24, 2.45) is 5.92 Å². The van der Waals surface area contributed by atoms with E-state index in [0.717, 1.165) is 35.6 Å². The number of hydrogen-bond donors (Lipinski definition) is 2. The lowest BCUT2D eigenvalue weighted by Gasteiger charge is -2.19. The summed E-state index contributed by atoms with van der Waals surface area (Å²) in [6.07, 6.45) is 5.91. The topological polar surface area (TPSA) is 120 Å². The van der Waals surface area contributed by atoms with Gasteiger partial charge in [0.25, 0.3) is 0 Å². The maximum absolute atomic E-state index is 12.8. The number of furan rings is 1. The van der Waals surface area contributed by atoms with Gasteiger partial charge in [0.1, 0.15) is 17.9 Å². The van der Waals surface area contributed by atoms with Gasteiger partial charge >= 0.3 is 0 Å². The summed E-state index contributed by atoms with van der Waals surface area (Å²) in [4.78, 5) is 37.8. The Hall–Kier alpha value is -4.21. The van der Waals surface area contributed by atoms with E-state index in [4.69, 9.17) is 4.42 Å². The predicted octanol–water partition coefficient (Wildman–Crippen LogP) is 2.74. The first-order chi connectivity index (χ1) is 17.2. The van der Waals surface area contributed by atoms with Gasteiger partial charge in [-0.3, -0.25) is 14.7 Å². The number of anilines is 2. The summed E-state index contributed by atoms with van der Waals surface area (Å²) in [5.41, 5.74) is 3.05. The van der Waals surface area contributed by atoms with Crippen molar-refractivity contribution >= 4 is 34.4 Å². The van der Waals surface area contributed by atoms with Crippen molar-refractivity contribution in [3.8, 4) is 0 Å². The highest BCUT2D eigenvalue weighted by Gasteiger charge is 2.35. The maximum atomic E-state index is 12.8. The zero-order valence-corrected chi connectivity index (χ0v) is 19.1. The van der Waals surface area contributed by atoms with Crippen LogP contribution in [-0.4, -0.2) is 56.5 Å². The molecule has 2 unspecified atom stereocenters. The zero-order chi connectivity index (χ0) is 23.8. The van der Waals surface area contributed by atoms with Crippen molar-refractivity contribution in [2.75, 3.05) is 24.5 Å². The molecule has 2 N–H and O–H groups in total. The smallest absolute Gasteiger partial charge is 0.225 e. The van der Waals surface area contributed by atoms with Gasteiger partial charge in [-0.1, -0.05) is 18.2 Å². The number of aromatic nitrogens is 4. The number of hydrogen-bond acceptors (Lipinski definition) is 7. The first-order valence-electron chi connectivity index (χ1n) is 11.8. The van der Waals surface area contributed by atoms with Gasteiger partial charge in [-0.2, -0.15) is 5.10 Å². The SMILES string of the molecule is O=C(NCCC1CN(c2ncnc3[nH]ncc23)c2ccccc21)C1CC(=O)N(Cc2ccco2)C1. The largest absolute Gasteiger partial charge is 0.467 e. The van der Waals surface area contributed by atoms with Gasteiger partial charge in [-0.15, -0.1) is 0 Å². The molecule has 35 heavy (non-hydrogen) atoms. The minimum absolute atomic E-state index is 0.0164. The van der Waals surface area contributed by atoms with E-state index >= 15 is 0 Å². The second-order valence-electron chi connectivity index (χ2n) is 9.03. The van der Waals surface area contributed by atoms with Crippen LogP contribution in [-0.2, 0) is 16.1 Å². The second-order valence-corrected chi connectivity index (χ2v) is 9.03. The fourth-order valence-electron chi connectivity index (χ4n) is 5.12. The zero-order valence-electron chi connectivity index (χ0n) is 19.1. The molecule has 4 aromatic rings. The molecule has 178 valence electrons. The number of aromatic amines is 1. The molecule has 1 saturated heterocycles. The van der Waals surface area contributed by atoms with E-state index in [1.807, 2.05) is 18.2 Å². The standard InChI is InChI=1S/C25H25N7O3/c33-22-10-17(12-31(22)14-18-4-3-9-35-18)25(34)26-8-7-16-13-32(21-6-2-1-5-19(16)21)24-20-11-29-30-23(20)27-15-28-24/h1-6,9,11,15-17H,7-8,10,12-14H2,(H,26,34)(H,27,28,29,30). The van der Waals surface area contributed by atoms with Crippen LogP contribution in [0.1, 0.15) is 30.1 Å². The van der Waals surface area contributed by atoms with Crippen molar-refractivity contribution in [1.82, 2.24) is 30.4 Å². The highest BCUT2D eigenvalue weighted by atomic mass is 16.3. The summed E-state index contributed by atoms with van der Waals surface area (Å²) in [6.45, 7) is 2.11. The lowest BCUT2D eigenvalue weighted by molar-refractivity contribution is -0.129. The van der Waals surface area contributed by atoms with E-state index in [2.05, 4.69) is 42.5 Å². The monoisotopic (exact) mass is 471 g/mol. The number of nitrogens with zero attached hydrogens (tertiary/aromatic N) is 5. The fraction of sp³-hybridized carbons (Fsp3) is 0.320. The van der Waals surface area contributed by atoms with E-state index in [1.54, 1.807) is 29.8 Å². The van der Waals surface area contributed by atoms with Crippen LogP contribution in [0.25, 0.3) is 11.0 Å². The Labute approximate surface area is 201 Å². The van der Waals surface area contributed by atoms with Crippen molar-refractivity contribution in [2.45, 2.75) is 25.3 Å². The van der Waals surface area contributed by atoms with E-state index in [0.29, 0.717) is 25.3 Å². The first-order valence-corrected chi connectivity index (χ1v) is 11.8. The Bertz CT molecular complexity index is 1370. The van der Waals surface area contributed by atoms with E-state index in [1.165, 1.54) is 5.56 Å². The number of amides is 2. The molecule has 2 aliphatic heterocycles. The number of benzene rings is 1. The molecule has 6 rings (SSSR count). The highest BCUT2D eigenvalue weighted by Crippen LogP contribution is 2.42. The third kappa shape index (κ3) is 4.01. The average molecular weight is 472 g/mol. The number of rotatable bonds is 7. The number of para-hydroxylation sites is 1. The Morgan fingerprint density at radius 1 is 1.17 bits per heavy atom. The Morgan fingerprint density at radius 3 is 2.97 bits per heavy atom. The van der Waals surface area contributed by atoms with Gasteiger partial charge in [0.2, 0.25) is 11.8 Å². The summed E-state index contributed by atoms with van der Waals surface area (Å²) in [5, 5.41) is 11.0. The molecular formula is C25H25N7O3. The van der Waals surface area contributed by atoms with Crippen LogP contribution in [0.5, 0.6) is 0 Å². The van der Waals surface area contributed by atoms with Crippen molar-refractivity contribution < 1.29 is 14.0 Å². The van der Waals surface area contributed by atoms with E-state index in [9.17, 15) is 9.59 Å². The molecule has 2 aliphatic rings. The van der Waals surface area contributed by atoms with Gasteiger partial charge in [0.05, 0.1) is 30.3 Å². The molecular weight excluding hydrogens is 446 g/mol. The second kappa shape index (κ2) is 8.86. The lowest BCUT2D eigenvalue weighted by Crippen LogP contribution is -2.34. The number of fused-ring (bicyclic) bond motifs is 2. The average Bonchev–Trinajstić information content (AvgIpc) is 3.67. The first kappa shape index (κ1) is 21.3. The van der Waals surface area contributed by atoms with Crippen molar-refractivity contribution in [3.63, 3.8) is 0 Å². The molecule has 2 amide bonds. The molecule has 10 nitrogen and oxygen atoms in total. The molecule has 0 bridgehead atoms. The molecule has 1 fully saturated rings. The van der Waals surface area contributed by atoms with Crippen LogP contribution in [0.3, 0.4) is 0 Å². The molecule has 0 radical (unpaired) electrons. The molecule has 0 aliphatic carbocycles. The third-order valence-electron chi connectivity index (χ3n) is 6.86. The summed E-state index contributed by atoms with van der Waals surface area (Å²) < 4.78 is 5.34. The molecule has 10 heteroatoms. The molecule has 0 spiro atoms. The van der Waals surface area contributed by atoms with Gasteiger partial charge in [0.15, 0.2) is 5.65 Å². The highest BCUT2D eigenvalue weighted by molar-refractivity contribution is 5.90. The Morgan fingerprint density at radius 2 is 2.09 bits per heavy atom. The summed E-state index contributed by atoms with van der Waals surface area (Å²) in [5.74, 6) is 1.37. The fourth-order valence-corrected chi connectivity index (χ4v) is 5.12. The Kier molecular flexibility index (Phi) is 5.40. The van der Waals surface area contributed by atoms with Gasteiger partial charge in [-0.25, -0.2) is 9.97 Å². The number of likely N-dealkylation sites (tertiary alicyclic amines) is 1. The molecule has 1 aromatic carbocycles. The van der Waals surface area contributed by atoms with Crippen molar-refractivity contribution in [1.29, 1.82) is 0 Å². The minimum atomic E-state index is -0.333. The summed E-state index contributed by atoms with van der Waals surface area (Å²) in [7, 11) is 0. The number of carbonyl (C=O) groups is 2. The van der Waals surface area contributed by atoms with Gasteiger partial charge < -0.3 is 19.5 Å². The predicted molar refractivity (Wildman–Crippen MR) is 128 cm³/mol. The van der Waals surface area contributed by atoms with Crippen LogP contribution in [0.15, 0.2) is 59.6 Å². The van der Waals surface area contributed by atoms with Crippen molar-refractivity contribution in [3.05, 3.63) is 66.5 Å². The van der Waals surface area contributed by atoms with Crippen LogP contribution in [0.4, 0.5) is 11.5 Å². The van der Waals surface area contributed by atoms with Gasteiger partial charge in [-0.05, 0) is 30.2 Å². The molecule has 0 saturated carbocycles. The number of H-pyrrole nitrogens is 1. The van der Waals surface area contributed by atoms with Crippen LogP contribution < -0.4 is 10.2 Å². The maximum Gasteiger partial charge on any atom is 0.225 e. The lowest BCUT2D eigenvalue weighted by atomic mass is 9.98. The van der Waals surface area contributed by atoms with Crippen LogP contribution in [0, 0.1) is 5.92 Å². The quantitative estimate of drug-likeness (QED) is 0.425. The van der Waals surface area contributed by atoms with E-state index < -0.39 is 0 Å². The normalized spacial score (nSPS) is 19.5. The minimum Gasteiger partial charge on any atom is -0.467 e. The molecule has 3 aromatic heterocycles. The van der Waals surface area contributed by atoms with Crippen LogP contribution in [0.2, 0.25) is 0 Å². The summed E-state index contributed by atoms with van der Waals surface area (Å²) in [6, 6.07) is 11.9.